The van der Waals surface area contributed by atoms with Gasteiger partial charge in [0.2, 0.25) is 10.0 Å². The first-order valence-electron chi connectivity index (χ1n) is 5.44. The van der Waals surface area contributed by atoms with Gasteiger partial charge in [0.15, 0.2) is 0 Å². The highest BCUT2D eigenvalue weighted by Gasteiger charge is 2.21. The molecular weight excluding hydrogens is 254 g/mol. The van der Waals surface area contributed by atoms with Crippen LogP contribution in [0.15, 0.2) is 23.4 Å². The zero-order valence-corrected chi connectivity index (χ0v) is 11.5. The molecule has 0 fully saturated rings. The Kier molecular flexibility index (Phi) is 5.03. The summed E-state index contributed by atoms with van der Waals surface area (Å²) in [4.78, 5) is 5.74. The molecule has 0 saturated heterocycles. The van der Waals surface area contributed by atoms with Crippen molar-refractivity contribution in [1.29, 1.82) is 0 Å². The van der Waals surface area contributed by atoms with Gasteiger partial charge < -0.3 is 10.3 Å². The van der Waals surface area contributed by atoms with Crippen LogP contribution in [-0.2, 0) is 10.0 Å². The zero-order chi connectivity index (χ0) is 13.8. The van der Waals surface area contributed by atoms with E-state index in [2.05, 4.69) is 15.1 Å². The van der Waals surface area contributed by atoms with Gasteiger partial charge in [-0.1, -0.05) is 0 Å². The normalized spacial score (nSPS) is 13.6. The topological polar surface area (TPSA) is 100 Å². The fourth-order valence-corrected chi connectivity index (χ4v) is 2.97. The summed E-state index contributed by atoms with van der Waals surface area (Å²) in [5.41, 5.74) is 2.66. The number of nitrogen functional groups attached to an aromatic ring is 1. The highest BCUT2D eigenvalue weighted by Crippen LogP contribution is 2.18. The molecule has 0 bridgehead atoms. The van der Waals surface area contributed by atoms with Gasteiger partial charge in [-0.05, 0) is 27.1 Å². The van der Waals surface area contributed by atoms with E-state index in [-0.39, 0.29) is 10.9 Å². The molecule has 1 rings (SSSR count). The number of aromatic nitrogens is 1. The number of likely N-dealkylation sites (N-methyl/N-ethyl adjacent to an activating group) is 1. The third-order valence-electron chi connectivity index (χ3n) is 2.22. The third-order valence-corrected chi connectivity index (χ3v) is 3.84. The molecule has 7 nitrogen and oxygen atoms in total. The first kappa shape index (κ1) is 14.8. The Balaban J connectivity index is 2.93. The molecule has 1 heterocycles. The van der Waals surface area contributed by atoms with Crippen LogP contribution in [0.3, 0.4) is 0 Å². The van der Waals surface area contributed by atoms with Crippen molar-refractivity contribution in [2.24, 2.45) is 5.84 Å². The van der Waals surface area contributed by atoms with E-state index in [1.807, 2.05) is 19.0 Å². The maximum absolute atomic E-state index is 12.1. The van der Waals surface area contributed by atoms with Crippen molar-refractivity contribution in [2.45, 2.75) is 17.9 Å². The van der Waals surface area contributed by atoms with Crippen LogP contribution in [-0.4, -0.2) is 45.0 Å². The maximum atomic E-state index is 12.1. The van der Waals surface area contributed by atoms with E-state index in [9.17, 15) is 8.42 Å². The van der Waals surface area contributed by atoms with E-state index < -0.39 is 10.0 Å². The number of hydrogen-bond donors (Lipinski definition) is 3. The first-order chi connectivity index (χ1) is 8.36. The SMILES string of the molecule is CC(CN(C)C)NS(=O)(=O)c1cnccc1NN. The van der Waals surface area contributed by atoms with Gasteiger partial charge in [-0.15, -0.1) is 0 Å². The van der Waals surface area contributed by atoms with Crippen molar-refractivity contribution < 1.29 is 8.42 Å². The van der Waals surface area contributed by atoms with Crippen LogP contribution in [0.1, 0.15) is 6.92 Å². The quantitative estimate of drug-likeness (QED) is 0.481. The van der Waals surface area contributed by atoms with E-state index in [0.29, 0.717) is 12.2 Å². The number of sulfonamides is 1. The van der Waals surface area contributed by atoms with E-state index >= 15 is 0 Å². The second-order valence-corrected chi connectivity index (χ2v) is 5.98. The summed E-state index contributed by atoms with van der Waals surface area (Å²) in [6, 6.07) is 1.29. The average Bonchev–Trinajstić information content (AvgIpc) is 2.27. The summed E-state index contributed by atoms with van der Waals surface area (Å²) >= 11 is 0. The fraction of sp³-hybridized carbons (Fsp3) is 0.500. The number of nitrogens with zero attached hydrogens (tertiary/aromatic N) is 2. The van der Waals surface area contributed by atoms with Crippen LogP contribution in [0.4, 0.5) is 5.69 Å². The van der Waals surface area contributed by atoms with Gasteiger partial charge in [0.1, 0.15) is 4.90 Å². The van der Waals surface area contributed by atoms with Crippen molar-refractivity contribution >= 4 is 15.7 Å². The molecule has 0 aliphatic rings. The van der Waals surface area contributed by atoms with Gasteiger partial charge in [-0.2, -0.15) is 0 Å². The number of nitrogens with two attached hydrogens (primary N) is 1. The van der Waals surface area contributed by atoms with E-state index in [4.69, 9.17) is 5.84 Å². The summed E-state index contributed by atoms with van der Waals surface area (Å²) in [6.07, 6.45) is 2.73. The summed E-state index contributed by atoms with van der Waals surface area (Å²) in [7, 11) is 0.124. The molecule has 0 aliphatic carbocycles. The molecule has 0 amide bonds. The molecule has 1 aromatic rings. The Morgan fingerprint density at radius 1 is 1.50 bits per heavy atom. The van der Waals surface area contributed by atoms with Gasteiger partial charge >= 0.3 is 0 Å². The number of hydrogen-bond acceptors (Lipinski definition) is 6. The molecule has 0 radical (unpaired) electrons. The second-order valence-electron chi connectivity index (χ2n) is 4.30. The Morgan fingerprint density at radius 2 is 2.17 bits per heavy atom. The molecule has 0 saturated carbocycles. The lowest BCUT2D eigenvalue weighted by molar-refractivity contribution is 0.370. The van der Waals surface area contributed by atoms with Crippen molar-refractivity contribution in [1.82, 2.24) is 14.6 Å². The van der Waals surface area contributed by atoms with Crippen LogP contribution < -0.4 is 16.0 Å². The smallest absolute Gasteiger partial charge is 0.244 e. The standard InChI is InChI=1S/C10H19N5O2S/c1-8(7-15(2)3)14-18(16,17)10-6-12-5-4-9(10)13-11/h4-6,8,14H,7,11H2,1-3H3,(H,12,13). The van der Waals surface area contributed by atoms with Gasteiger partial charge in [0.05, 0.1) is 5.69 Å². The predicted octanol–water partition coefficient (Wildman–Crippen LogP) is -0.404. The van der Waals surface area contributed by atoms with Gasteiger partial charge in [-0.3, -0.25) is 10.8 Å². The van der Waals surface area contributed by atoms with Crippen LogP contribution in [0, 0.1) is 0 Å². The molecule has 0 aromatic carbocycles. The molecule has 1 unspecified atom stereocenters. The molecule has 1 atom stereocenters. The number of rotatable bonds is 6. The maximum Gasteiger partial charge on any atom is 0.244 e. The Bertz CT molecular complexity index is 489. The fourth-order valence-electron chi connectivity index (χ4n) is 1.63. The van der Waals surface area contributed by atoms with Gasteiger partial charge in [0.25, 0.3) is 0 Å². The van der Waals surface area contributed by atoms with Crippen LogP contribution in [0.25, 0.3) is 0 Å². The highest BCUT2D eigenvalue weighted by atomic mass is 32.2. The lowest BCUT2D eigenvalue weighted by Crippen LogP contribution is -2.39. The minimum Gasteiger partial charge on any atom is -0.323 e. The Hall–Kier alpha value is -1.22. The predicted molar refractivity (Wildman–Crippen MR) is 70.4 cm³/mol. The van der Waals surface area contributed by atoms with Crippen LogP contribution in [0.5, 0.6) is 0 Å². The van der Waals surface area contributed by atoms with E-state index in [0.717, 1.165) is 0 Å². The largest absolute Gasteiger partial charge is 0.323 e. The second kappa shape index (κ2) is 6.10. The molecule has 0 spiro atoms. The molecule has 8 heteroatoms. The molecule has 0 aliphatic heterocycles. The molecule has 4 N–H and O–H groups in total. The van der Waals surface area contributed by atoms with Crippen molar-refractivity contribution in [3.63, 3.8) is 0 Å². The first-order valence-corrected chi connectivity index (χ1v) is 6.93. The van der Waals surface area contributed by atoms with E-state index in [1.54, 1.807) is 6.92 Å². The summed E-state index contributed by atoms with van der Waals surface area (Å²) in [5, 5.41) is 0. The van der Waals surface area contributed by atoms with Crippen LogP contribution >= 0.6 is 0 Å². The summed E-state index contributed by atoms with van der Waals surface area (Å²) in [5.74, 6) is 5.28. The molecule has 18 heavy (non-hydrogen) atoms. The number of anilines is 1. The zero-order valence-electron chi connectivity index (χ0n) is 10.7. The number of pyridine rings is 1. The minimum absolute atomic E-state index is 0.0399. The summed E-state index contributed by atoms with van der Waals surface area (Å²) < 4.78 is 26.9. The third kappa shape index (κ3) is 3.91. The number of nitrogens with one attached hydrogen (secondary N) is 2. The van der Waals surface area contributed by atoms with Gasteiger partial charge in [0, 0.05) is 25.0 Å². The van der Waals surface area contributed by atoms with E-state index in [1.165, 1.54) is 18.5 Å². The summed E-state index contributed by atoms with van der Waals surface area (Å²) in [6.45, 7) is 2.40. The average molecular weight is 273 g/mol. The van der Waals surface area contributed by atoms with Crippen molar-refractivity contribution in [2.75, 3.05) is 26.1 Å². The molecule has 102 valence electrons. The van der Waals surface area contributed by atoms with Crippen molar-refractivity contribution in [3.8, 4) is 0 Å². The highest BCUT2D eigenvalue weighted by molar-refractivity contribution is 7.89. The molecule has 1 aromatic heterocycles. The van der Waals surface area contributed by atoms with Crippen molar-refractivity contribution in [3.05, 3.63) is 18.5 Å². The van der Waals surface area contributed by atoms with Gasteiger partial charge in [-0.25, -0.2) is 13.1 Å². The molecular formula is C10H19N5O2S. The number of hydrazine groups is 1. The van der Waals surface area contributed by atoms with Crippen LogP contribution in [0.2, 0.25) is 0 Å². The lowest BCUT2D eigenvalue weighted by Gasteiger charge is -2.19. The monoisotopic (exact) mass is 273 g/mol. The minimum atomic E-state index is -3.63. The Labute approximate surface area is 107 Å². The Morgan fingerprint density at radius 3 is 2.72 bits per heavy atom. The lowest BCUT2D eigenvalue weighted by atomic mass is 10.3.